The molecule has 0 aliphatic rings. The van der Waals surface area contributed by atoms with Crippen molar-refractivity contribution in [1.29, 1.82) is 0 Å². The van der Waals surface area contributed by atoms with Crippen molar-refractivity contribution in [2.45, 2.75) is 20.0 Å². The molecule has 110 valence electrons. The summed E-state index contributed by atoms with van der Waals surface area (Å²) in [6.45, 7) is 4.66. The van der Waals surface area contributed by atoms with Gasteiger partial charge >= 0.3 is 0 Å². The maximum absolute atomic E-state index is 12.0. The van der Waals surface area contributed by atoms with Crippen molar-refractivity contribution in [3.63, 3.8) is 0 Å². The van der Waals surface area contributed by atoms with Gasteiger partial charge in [-0.25, -0.2) is 0 Å². The van der Waals surface area contributed by atoms with Crippen molar-refractivity contribution in [2.24, 2.45) is 0 Å². The fourth-order valence-electron chi connectivity index (χ4n) is 1.61. The average Bonchev–Trinajstić information content (AvgIpc) is 2.44. The first kappa shape index (κ1) is 15.9. The molecule has 1 amide bonds. The summed E-state index contributed by atoms with van der Waals surface area (Å²) in [4.78, 5) is 22.5. The Kier molecular flexibility index (Phi) is 5.92. The van der Waals surface area contributed by atoms with Crippen LogP contribution in [0.4, 0.5) is 11.4 Å². The zero-order valence-corrected chi connectivity index (χ0v) is 11.8. The van der Waals surface area contributed by atoms with E-state index in [9.17, 15) is 14.9 Å². The molecule has 0 aliphatic heterocycles. The van der Waals surface area contributed by atoms with Gasteiger partial charge in [-0.3, -0.25) is 14.9 Å². The van der Waals surface area contributed by atoms with E-state index in [1.165, 1.54) is 19.2 Å². The lowest BCUT2D eigenvalue weighted by Gasteiger charge is -2.12. The Bertz CT molecular complexity index is 491. The molecule has 0 radical (unpaired) electrons. The molecule has 2 N–H and O–H groups in total. The van der Waals surface area contributed by atoms with Crippen LogP contribution in [-0.2, 0) is 4.74 Å². The maximum atomic E-state index is 12.0. The van der Waals surface area contributed by atoms with Crippen molar-refractivity contribution in [3.8, 4) is 0 Å². The van der Waals surface area contributed by atoms with Gasteiger partial charge in [0.25, 0.3) is 11.6 Å². The van der Waals surface area contributed by atoms with Crippen LogP contribution < -0.4 is 10.6 Å². The lowest BCUT2D eigenvalue weighted by Crippen LogP contribution is -2.32. The summed E-state index contributed by atoms with van der Waals surface area (Å²) in [7, 11) is 1.53. The molecule has 0 aromatic heterocycles. The molecule has 7 heteroatoms. The van der Waals surface area contributed by atoms with Crippen LogP contribution in [0.1, 0.15) is 24.2 Å². The Morgan fingerprint density at radius 3 is 2.75 bits per heavy atom. The lowest BCUT2D eigenvalue weighted by molar-refractivity contribution is -0.385. The Balaban J connectivity index is 2.96. The van der Waals surface area contributed by atoms with E-state index in [-0.39, 0.29) is 23.9 Å². The van der Waals surface area contributed by atoms with E-state index >= 15 is 0 Å². The monoisotopic (exact) mass is 281 g/mol. The number of benzene rings is 1. The molecule has 0 aliphatic carbocycles. The lowest BCUT2D eigenvalue weighted by atomic mass is 10.1. The van der Waals surface area contributed by atoms with Gasteiger partial charge in [0.05, 0.1) is 11.0 Å². The van der Waals surface area contributed by atoms with Gasteiger partial charge in [0.15, 0.2) is 0 Å². The summed E-state index contributed by atoms with van der Waals surface area (Å²) < 4.78 is 5.02. The van der Waals surface area contributed by atoms with Crippen LogP contribution in [0, 0.1) is 10.1 Å². The van der Waals surface area contributed by atoms with E-state index in [2.05, 4.69) is 10.6 Å². The molecular formula is C13H19N3O4. The zero-order valence-electron chi connectivity index (χ0n) is 11.8. The number of anilines is 1. The highest BCUT2D eigenvalue weighted by molar-refractivity contribution is 5.99. The van der Waals surface area contributed by atoms with Gasteiger partial charge in [-0.2, -0.15) is 0 Å². The first-order valence-corrected chi connectivity index (χ1v) is 6.32. The van der Waals surface area contributed by atoms with Gasteiger partial charge in [-0.05, 0) is 26.0 Å². The second-order valence-corrected chi connectivity index (χ2v) is 4.28. The molecule has 0 heterocycles. The van der Waals surface area contributed by atoms with E-state index < -0.39 is 10.8 Å². The molecule has 0 fully saturated rings. The number of carbonyl (C=O) groups excluding carboxylic acids is 1. The first-order chi connectivity index (χ1) is 9.49. The molecule has 0 saturated heterocycles. The van der Waals surface area contributed by atoms with Crippen LogP contribution >= 0.6 is 0 Å². The zero-order chi connectivity index (χ0) is 15.1. The van der Waals surface area contributed by atoms with Crippen molar-refractivity contribution in [2.75, 3.05) is 25.5 Å². The first-order valence-electron chi connectivity index (χ1n) is 6.32. The van der Waals surface area contributed by atoms with Gasteiger partial charge < -0.3 is 15.4 Å². The smallest absolute Gasteiger partial charge is 0.282 e. The minimum atomic E-state index is -0.565. The molecule has 0 spiro atoms. The van der Waals surface area contributed by atoms with E-state index in [0.717, 1.165) is 0 Å². The minimum Gasteiger partial charge on any atom is -0.385 e. The summed E-state index contributed by atoms with van der Waals surface area (Å²) >= 11 is 0. The number of carbonyl (C=O) groups is 1. The molecule has 1 atom stereocenters. The molecule has 0 bridgehead atoms. The van der Waals surface area contributed by atoms with E-state index in [1.54, 1.807) is 13.0 Å². The van der Waals surface area contributed by atoms with Gasteiger partial charge in [0.2, 0.25) is 0 Å². The van der Waals surface area contributed by atoms with E-state index in [0.29, 0.717) is 12.2 Å². The third-order valence-electron chi connectivity index (χ3n) is 2.77. The Morgan fingerprint density at radius 1 is 1.50 bits per heavy atom. The maximum Gasteiger partial charge on any atom is 0.282 e. The molecule has 0 saturated carbocycles. The highest BCUT2D eigenvalue weighted by atomic mass is 16.6. The predicted octanol–water partition coefficient (Wildman–Crippen LogP) is 1.79. The van der Waals surface area contributed by atoms with E-state index in [1.807, 2.05) is 6.92 Å². The number of hydrogen-bond acceptors (Lipinski definition) is 5. The topological polar surface area (TPSA) is 93.5 Å². The second kappa shape index (κ2) is 7.44. The number of amides is 1. The fourth-order valence-corrected chi connectivity index (χ4v) is 1.61. The van der Waals surface area contributed by atoms with Crippen molar-refractivity contribution < 1.29 is 14.5 Å². The van der Waals surface area contributed by atoms with E-state index in [4.69, 9.17) is 4.74 Å². The van der Waals surface area contributed by atoms with Crippen molar-refractivity contribution in [1.82, 2.24) is 5.32 Å². The Hall–Kier alpha value is -2.15. The molecule has 1 aromatic carbocycles. The number of hydrogen-bond donors (Lipinski definition) is 2. The summed E-state index contributed by atoms with van der Waals surface area (Å²) in [6.07, 6.45) is -0.157. The number of ether oxygens (including phenoxy) is 1. The van der Waals surface area contributed by atoms with Gasteiger partial charge in [-0.1, -0.05) is 0 Å². The predicted molar refractivity (Wildman–Crippen MR) is 76.1 cm³/mol. The number of methoxy groups -OCH3 is 1. The largest absolute Gasteiger partial charge is 0.385 e. The van der Waals surface area contributed by atoms with Crippen molar-refractivity contribution in [3.05, 3.63) is 33.9 Å². The molecule has 7 nitrogen and oxygen atoms in total. The third kappa shape index (κ3) is 4.20. The minimum absolute atomic E-state index is 0.0387. The Labute approximate surface area is 117 Å². The number of nitro benzene ring substituents is 1. The number of nitrogens with zero attached hydrogens (tertiary/aromatic N) is 1. The van der Waals surface area contributed by atoms with Gasteiger partial charge in [0, 0.05) is 32.0 Å². The third-order valence-corrected chi connectivity index (χ3v) is 2.77. The highest BCUT2D eigenvalue weighted by Crippen LogP contribution is 2.22. The number of rotatable bonds is 7. The van der Waals surface area contributed by atoms with Crippen LogP contribution in [0.3, 0.4) is 0 Å². The molecule has 1 aromatic rings. The van der Waals surface area contributed by atoms with Crippen LogP contribution in [0.15, 0.2) is 18.2 Å². The van der Waals surface area contributed by atoms with Crippen LogP contribution in [-0.4, -0.2) is 37.1 Å². The fraction of sp³-hybridized carbons (Fsp3) is 0.462. The average molecular weight is 281 g/mol. The Morgan fingerprint density at radius 2 is 2.20 bits per heavy atom. The summed E-state index contributed by atoms with van der Waals surface area (Å²) in [5.74, 6) is -0.486. The van der Waals surface area contributed by atoms with Gasteiger partial charge in [0.1, 0.15) is 5.56 Å². The summed E-state index contributed by atoms with van der Waals surface area (Å²) in [5.41, 5.74) is 0.494. The van der Waals surface area contributed by atoms with Crippen LogP contribution in [0.25, 0.3) is 0 Å². The summed E-state index contributed by atoms with van der Waals surface area (Å²) in [5, 5.41) is 16.6. The quantitative estimate of drug-likeness (QED) is 0.587. The normalized spacial score (nSPS) is 11.8. The molecular weight excluding hydrogens is 262 g/mol. The molecule has 1 unspecified atom stereocenters. The molecule has 20 heavy (non-hydrogen) atoms. The van der Waals surface area contributed by atoms with Gasteiger partial charge in [-0.15, -0.1) is 0 Å². The highest BCUT2D eigenvalue weighted by Gasteiger charge is 2.20. The summed E-state index contributed by atoms with van der Waals surface area (Å²) in [6, 6.07) is 4.39. The number of nitrogens with one attached hydrogen (secondary N) is 2. The molecule has 1 rings (SSSR count). The van der Waals surface area contributed by atoms with Crippen LogP contribution in [0.2, 0.25) is 0 Å². The van der Waals surface area contributed by atoms with Crippen LogP contribution in [0.5, 0.6) is 0 Å². The van der Waals surface area contributed by atoms with Crippen molar-refractivity contribution >= 4 is 17.3 Å². The standard InChI is InChI=1S/C13H19N3O4/c1-4-14-10-5-6-12(16(18)19)11(7-10)13(17)15-8-9(2)20-3/h5-7,9,14H,4,8H2,1-3H3,(H,15,17). The number of nitro groups is 1. The second-order valence-electron chi connectivity index (χ2n) is 4.28. The SMILES string of the molecule is CCNc1ccc([N+](=O)[O-])c(C(=O)NCC(C)OC)c1.